The van der Waals surface area contributed by atoms with Gasteiger partial charge < -0.3 is 18.7 Å². The molecule has 13 rings (SSSR count). The summed E-state index contributed by atoms with van der Waals surface area (Å²) in [5.74, 6) is 0. The second-order valence-electron chi connectivity index (χ2n) is 17.0. The molecule has 0 saturated carbocycles. The first-order chi connectivity index (χ1) is 28.4. The van der Waals surface area contributed by atoms with Crippen LogP contribution in [0.3, 0.4) is 0 Å². The molecule has 4 aromatic heterocycles. The van der Waals surface area contributed by atoms with Gasteiger partial charge in [-0.3, -0.25) is 0 Å². The number of anilines is 2. The van der Waals surface area contributed by atoms with Crippen LogP contribution in [-0.2, 0) is 5.41 Å². The first-order valence-corrected chi connectivity index (χ1v) is 20.9. The summed E-state index contributed by atoms with van der Waals surface area (Å²) in [7, 11) is 0.783. The molecule has 8 aromatic carbocycles. The SMILES string of the molecule is CC(C)(C)c1ccc(Nc2cc3sc4ccccc4c3cc2-c2ccc3c4c5c(ccc4n4c3c2Bc2cc3c(cc2-4)oc2ccccc23)oc2ccccc25)cc1. The molecule has 0 spiro atoms. The number of benzene rings is 8. The molecular weight excluding hydrogens is 727 g/mol. The highest BCUT2D eigenvalue weighted by Gasteiger charge is 2.30. The maximum Gasteiger partial charge on any atom is 0.198 e. The minimum Gasteiger partial charge on any atom is -0.456 e. The van der Waals surface area contributed by atoms with E-state index in [-0.39, 0.29) is 5.41 Å². The highest BCUT2D eigenvalue weighted by molar-refractivity contribution is 7.25. The van der Waals surface area contributed by atoms with E-state index in [1.165, 1.54) is 75.3 Å². The molecule has 58 heavy (non-hydrogen) atoms. The van der Waals surface area contributed by atoms with E-state index < -0.39 is 0 Å². The fourth-order valence-electron chi connectivity index (χ4n) is 9.81. The molecule has 5 heterocycles. The Bertz CT molecular complexity index is 3720. The van der Waals surface area contributed by atoms with Gasteiger partial charge in [-0.25, -0.2) is 0 Å². The van der Waals surface area contributed by atoms with Crippen molar-refractivity contribution in [1.29, 1.82) is 0 Å². The van der Waals surface area contributed by atoms with Gasteiger partial charge in [0.05, 0.1) is 5.52 Å². The van der Waals surface area contributed by atoms with Crippen molar-refractivity contribution in [3.05, 3.63) is 151 Å². The van der Waals surface area contributed by atoms with E-state index >= 15 is 0 Å². The van der Waals surface area contributed by atoms with Crippen LogP contribution in [0.1, 0.15) is 26.3 Å². The van der Waals surface area contributed by atoms with Crippen LogP contribution in [0.15, 0.2) is 154 Å². The first kappa shape index (κ1) is 32.3. The van der Waals surface area contributed by atoms with Gasteiger partial charge in [-0.2, -0.15) is 0 Å². The van der Waals surface area contributed by atoms with Crippen LogP contribution in [0.25, 0.3) is 103 Å². The molecule has 6 heteroatoms. The van der Waals surface area contributed by atoms with Crippen molar-refractivity contribution in [2.75, 3.05) is 5.32 Å². The molecule has 0 saturated heterocycles. The molecule has 0 radical (unpaired) electrons. The summed E-state index contributed by atoms with van der Waals surface area (Å²) in [5, 5.41) is 13.5. The van der Waals surface area contributed by atoms with Gasteiger partial charge in [-0.1, -0.05) is 111 Å². The number of nitrogens with one attached hydrogen (secondary N) is 1. The van der Waals surface area contributed by atoms with Crippen LogP contribution in [0, 0.1) is 0 Å². The van der Waals surface area contributed by atoms with E-state index in [1.807, 2.05) is 17.4 Å². The molecule has 0 fully saturated rings. The molecule has 0 unspecified atom stereocenters. The highest BCUT2D eigenvalue weighted by atomic mass is 32.1. The van der Waals surface area contributed by atoms with Crippen LogP contribution < -0.4 is 16.2 Å². The van der Waals surface area contributed by atoms with Crippen molar-refractivity contribution in [2.24, 2.45) is 0 Å². The molecule has 1 aliphatic heterocycles. The predicted molar refractivity (Wildman–Crippen MR) is 249 cm³/mol. The van der Waals surface area contributed by atoms with Gasteiger partial charge in [0.2, 0.25) is 0 Å². The monoisotopic (exact) mass is 762 g/mol. The lowest BCUT2D eigenvalue weighted by Gasteiger charge is -2.24. The van der Waals surface area contributed by atoms with Crippen LogP contribution in [0.4, 0.5) is 11.4 Å². The standard InChI is InChI=1S/C52H35BN2O2S/c1-52(2,3)28-16-18-29(19-17-28)54-39-26-47-37(31-11-6-9-15-46(31)58-47)24-35(39)32-20-21-34-48-40(22-23-44-49(48)33-12-5-8-14-43(33)56-44)55-41-27-45-36(25-38(41)53-50(32)51(34)55)30-10-4-7-13-42(30)57-45/h4-27,53-54H,1-3H3. The number of rotatable bonds is 3. The van der Waals surface area contributed by atoms with Gasteiger partial charge >= 0.3 is 0 Å². The Balaban J connectivity index is 1.13. The third-order valence-electron chi connectivity index (χ3n) is 12.6. The van der Waals surface area contributed by atoms with Crippen LogP contribution in [0.2, 0.25) is 0 Å². The van der Waals surface area contributed by atoms with Crippen molar-refractivity contribution in [3.63, 3.8) is 0 Å². The lowest BCUT2D eigenvalue weighted by atomic mass is 9.59. The van der Waals surface area contributed by atoms with Gasteiger partial charge in [-0.15, -0.1) is 11.3 Å². The minimum atomic E-state index is 0.0785. The molecule has 1 aliphatic rings. The van der Waals surface area contributed by atoms with Gasteiger partial charge in [0, 0.05) is 86.7 Å². The molecule has 4 nitrogen and oxygen atoms in total. The Morgan fingerprint density at radius 2 is 1.29 bits per heavy atom. The summed E-state index contributed by atoms with van der Waals surface area (Å²) in [6, 6.07) is 53.2. The molecule has 0 amide bonds. The number of aromatic nitrogens is 1. The number of hydrogen-bond donors (Lipinski definition) is 1. The number of hydrogen-bond acceptors (Lipinski definition) is 4. The van der Waals surface area contributed by atoms with Crippen molar-refractivity contribution in [1.82, 2.24) is 4.57 Å². The maximum atomic E-state index is 6.53. The van der Waals surface area contributed by atoms with E-state index in [0.717, 1.165) is 62.5 Å². The van der Waals surface area contributed by atoms with E-state index in [0.29, 0.717) is 0 Å². The van der Waals surface area contributed by atoms with Gasteiger partial charge in [-0.05, 0) is 76.6 Å². The molecule has 274 valence electrons. The smallest absolute Gasteiger partial charge is 0.198 e. The number of para-hydroxylation sites is 2. The van der Waals surface area contributed by atoms with Crippen LogP contribution in [0.5, 0.6) is 0 Å². The quantitative estimate of drug-likeness (QED) is 0.182. The van der Waals surface area contributed by atoms with Gasteiger partial charge in [0.15, 0.2) is 7.28 Å². The Morgan fingerprint density at radius 1 is 0.552 bits per heavy atom. The third kappa shape index (κ3) is 4.46. The Morgan fingerprint density at radius 3 is 2.12 bits per heavy atom. The zero-order valence-electron chi connectivity index (χ0n) is 32.2. The lowest BCUT2D eigenvalue weighted by Crippen LogP contribution is -2.37. The van der Waals surface area contributed by atoms with Crippen molar-refractivity contribution in [3.8, 4) is 16.8 Å². The van der Waals surface area contributed by atoms with Crippen molar-refractivity contribution >= 4 is 127 Å². The minimum absolute atomic E-state index is 0.0785. The van der Waals surface area contributed by atoms with E-state index in [4.69, 9.17) is 8.83 Å². The number of nitrogens with zero attached hydrogens (tertiary/aromatic N) is 1. The molecule has 0 bridgehead atoms. The topological polar surface area (TPSA) is 43.2 Å². The number of thiophene rings is 1. The zero-order chi connectivity index (χ0) is 38.4. The van der Waals surface area contributed by atoms with E-state index in [2.05, 4.69) is 170 Å². The summed E-state index contributed by atoms with van der Waals surface area (Å²) in [6.07, 6.45) is 0. The normalized spacial score (nSPS) is 12.9. The second kappa shape index (κ2) is 11.4. The molecule has 0 aliphatic carbocycles. The fourth-order valence-corrected chi connectivity index (χ4v) is 10.9. The van der Waals surface area contributed by atoms with Gasteiger partial charge in [0.25, 0.3) is 0 Å². The average molecular weight is 763 g/mol. The summed E-state index contributed by atoms with van der Waals surface area (Å²) < 4.78 is 18.1. The third-order valence-corrected chi connectivity index (χ3v) is 13.7. The second-order valence-corrected chi connectivity index (χ2v) is 18.0. The van der Waals surface area contributed by atoms with E-state index in [1.54, 1.807) is 0 Å². The lowest BCUT2D eigenvalue weighted by molar-refractivity contribution is 0.590. The summed E-state index contributed by atoms with van der Waals surface area (Å²) >= 11 is 1.86. The predicted octanol–water partition coefficient (Wildman–Crippen LogP) is 13.4. The highest BCUT2D eigenvalue weighted by Crippen LogP contribution is 2.46. The largest absolute Gasteiger partial charge is 0.456 e. The summed E-state index contributed by atoms with van der Waals surface area (Å²) in [4.78, 5) is 0. The van der Waals surface area contributed by atoms with E-state index in [9.17, 15) is 0 Å². The molecule has 12 aromatic rings. The van der Waals surface area contributed by atoms with Crippen molar-refractivity contribution < 1.29 is 8.83 Å². The summed E-state index contributed by atoms with van der Waals surface area (Å²) in [5.41, 5.74) is 15.8. The average Bonchev–Trinajstić information content (AvgIpc) is 3.99. The Kier molecular flexibility index (Phi) is 6.37. The fraction of sp³-hybridized carbons (Fsp3) is 0.0769. The zero-order valence-corrected chi connectivity index (χ0v) is 33.1. The van der Waals surface area contributed by atoms with Crippen LogP contribution >= 0.6 is 11.3 Å². The van der Waals surface area contributed by atoms with Gasteiger partial charge in [0.1, 0.15) is 22.3 Å². The maximum absolute atomic E-state index is 6.53. The molecule has 0 atom stereocenters. The summed E-state index contributed by atoms with van der Waals surface area (Å²) in [6.45, 7) is 6.80. The molecular formula is C52H35BN2O2S. The number of furan rings is 2. The Hall–Kier alpha value is -6.76. The number of fused-ring (bicyclic) bond motifs is 15. The van der Waals surface area contributed by atoms with Crippen LogP contribution in [-0.4, -0.2) is 11.8 Å². The molecule has 1 N–H and O–H groups in total. The first-order valence-electron chi connectivity index (χ1n) is 20.0. The Labute approximate surface area is 338 Å². The van der Waals surface area contributed by atoms with Crippen molar-refractivity contribution in [2.45, 2.75) is 26.2 Å².